The summed E-state index contributed by atoms with van der Waals surface area (Å²) in [6.45, 7) is 4.16. The predicted molar refractivity (Wildman–Crippen MR) is 81.2 cm³/mol. The van der Waals surface area contributed by atoms with E-state index in [0.29, 0.717) is 5.88 Å². The first-order valence-corrected chi connectivity index (χ1v) is 6.31. The SMILES string of the molecule is CCC(C)Oc1cc2c(cn1)[nH]c1ccccc12.Cl. The Bertz CT molecular complexity index is 693. The van der Waals surface area contributed by atoms with Crippen molar-refractivity contribution in [2.45, 2.75) is 26.4 Å². The van der Waals surface area contributed by atoms with E-state index >= 15 is 0 Å². The van der Waals surface area contributed by atoms with Crippen molar-refractivity contribution >= 4 is 34.2 Å². The number of rotatable bonds is 3. The molecule has 3 aromatic rings. The minimum absolute atomic E-state index is 0. The summed E-state index contributed by atoms with van der Waals surface area (Å²) in [5.74, 6) is 0.696. The van der Waals surface area contributed by atoms with E-state index in [4.69, 9.17) is 4.74 Å². The Balaban J connectivity index is 0.00000133. The number of benzene rings is 1. The zero-order valence-electron chi connectivity index (χ0n) is 11.0. The molecule has 0 fully saturated rings. The lowest BCUT2D eigenvalue weighted by molar-refractivity contribution is 0.209. The second-order valence-electron chi connectivity index (χ2n) is 4.58. The minimum atomic E-state index is 0. The molecular weight excluding hydrogens is 260 g/mol. The van der Waals surface area contributed by atoms with Gasteiger partial charge in [-0.3, -0.25) is 0 Å². The van der Waals surface area contributed by atoms with Crippen LogP contribution >= 0.6 is 12.4 Å². The molecule has 0 aliphatic carbocycles. The number of hydrogen-bond acceptors (Lipinski definition) is 2. The zero-order valence-corrected chi connectivity index (χ0v) is 11.8. The third-order valence-corrected chi connectivity index (χ3v) is 3.26. The molecular formula is C15H17ClN2O. The molecule has 1 unspecified atom stereocenters. The van der Waals surface area contributed by atoms with Gasteiger partial charge in [0.05, 0.1) is 17.8 Å². The topological polar surface area (TPSA) is 37.9 Å². The number of ether oxygens (including phenoxy) is 1. The summed E-state index contributed by atoms with van der Waals surface area (Å²) >= 11 is 0. The molecule has 1 N–H and O–H groups in total. The van der Waals surface area contributed by atoms with Crippen LogP contribution in [0, 0.1) is 0 Å². The number of hydrogen-bond donors (Lipinski definition) is 1. The summed E-state index contributed by atoms with van der Waals surface area (Å²) in [4.78, 5) is 7.69. The van der Waals surface area contributed by atoms with Crippen LogP contribution in [0.25, 0.3) is 21.8 Å². The molecule has 2 heterocycles. The molecule has 1 aromatic carbocycles. The van der Waals surface area contributed by atoms with Crippen molar-refractivity contribution in [1.82, 2.24) is 9.97 Å². The van der Waals surface area contributed by atoms with Crippen LogP contribution in [0.5, 0.6) is 5.88 Å². The number of nitrogens with one attached hydrogen (secondary N) is 1. The highest BCUT2D eigenvalue weighted by atomic mass is 35.5. The Kier molecular flexibility index (Phi) is 3.96. The molecule has 0 radical (unpaired) electrons. The highest BCUT2D eigenvalue weighted by Crippen LogP contribution is 2.27. The molecule has 0 spiro atoms. The van der Waals surface area contributed by atoms with E-state index in [2.05, 4.69) is 35.9 Å². The Morgan fingerprint density at radius 1 is 1.21 bits per heavy atom. The molecule has 0 amide bonds. The molecule has 3 nitrogen and oxygen atoms in total. The number of fused-ring (bicyclic) bond motifs is 3. The lowest BCUT2D eigenvalue weighted by Gasteiger charge is -2.11. The fourth-order valence-electron chi connectivity index (χ4n) is 2.08. The van der Waals surface area contributed by atoms with Gasteiger partial charge in [-0.25, -0.2) is 4.98 Å². The van der Waals surface area contributed by atoms with Gasteiger partial charge in [-0.1, -0.05) is 25.1 Å². The smallest absolute Gasteiger partial charge is 0.214 e. The summed E-state index contributed by atoms with van der Waals surface area (Å²) in [6, 6.07) is 10.3. The molecule has 19 heavy (non-hydrogen) atoms. The summed E-state index contributed by atoms with van der Waals surface area (Å²) < 4.78 is 5.76. The maximum Gasteiger partial charge on any atom is 0.214 e. The van der Waals surface area contributed by atoms with Gasteiger partial charge < -0.3 is 9.72 Å². The van der Waals surface area contributed by atoms with Crippen LogP contribution < -0.4 is 4.74 Å². The molecule has 3 rings (SSSR count). The van der Waals surface area contributed by atoms with Crippen LogP contribution in [-0.2, 0) is 0 Å². The fourth-order valence-corrected chi connectivity index (χ4v) is 2.08. The Hall–Kier alpha value is -1.74. The van der Waals surface area contributed by atoms with Gasteiger partial charge in [0, 0.05) is 22.4 Å². The van der Waals surface area contributed by atoms with Gasteiger partial charge in [0.15, 0.2) is 0 Å². The van der Waals surface area contributed by atoms with E-state index in [1.54, 1.807) is 0 Å². The molecule has 0 saturated heterocycles. The maximum absolute atomic E-state index is 5.76. The van der Waals surface area contributed by atoms with Crippen molar-refractivity contribution in [2.75, 3.05) is 0 Å². The van der Waals surface area contributed by atoms with Gasteiger partial charge in [0.2, 0.25) is 5.88 Å². The minimum Gasteiger partial charge on any atom is -0.475 e. The number of nitrogens with zero attached hydrogens (tertiary/aromatic N) is 1. The monoisotopic (exact) mass is 276 g/mol. The highest BCUT2D eigenvalue weighted by Gasteiger charge is 2.07. The van der Waals surface area contributed by atoms with Crippen LogP contribution in [0.1, 0.15) is 20.3 Å². The van der Waals surface area contributed by atoms with Crippen LogP contribution in [0.15, 0.2) is 36.5 Å². The molecule has 0 bridgehead atoms. The van der Waals surface area contributed by atoms with Crippen LogP contribution in [0.3, 0.4) is 0 Å². The highest BCUT2D eigenvalue weighted by molar-refractivity contribution is 6.07. The number of para-hydroxylation sites is 1. The average Bonchev–Trinajstić information content (AvgIpc) is 2.77. The lowest BCUT2D eigenvalue weighted by atomic mass is 10.2. The quantitative estimate of drug-likeness (QED) is 0.774. The Morgan fingerprint density at radius 2 is 2.00 bits per heavy atom. The van der Waals surface area contributed by atoms with E-state index in [1.165, 1.54) is 10.8 Å². The van der Waals surface area contributed by atoms with E-state index in [-0.39, 0.29) is 18.5 Å². The predicted octanol–water partition coefficient (Wildman–Crippen LogP) is 4.32. The van der Waals surface area contributed by atoms with E-state index in [1.807, 2.05) is 24.4 Å². The molecule has 0 saturated carbocycles. The first kappa shape index (κ1) is 13.7. The van der Waals surface area contributed by atoms with E-state index in [9.17, 15) is 0 Å². The standard InChI is InChI=1S/C15H16N2O.ClH/c1-3-10(2)18-15-8-12-11-6-4-5-7-13(11)17-14(12)9-16-15;/h4-10,17H,3H2,1-2H3;1H. The van der Waals surface area contributed by atoms with Gasteiger partial charge >= 0.3 is 0 Å². The third kappa shape index (κ3) is 2.51. The van der Waals surface area contributed by atoms with Gasteiger partial charge in [-0.05, 0) is 19.4 Å². The van der Waals surface area contributed by atoms with Crippen molar-refractivity contribution in [3.8, 4) is 5.88 Å². The van der Waals surface area contributed by atoms with Crippen LogP contribution in [0.4, 0.5) is 0 Å². The summed E-state index contributed by atoms with van der Waals surface area (Å²) in [6.07, 6.45) is 3.01. The van der Waals surface area contributed by atoms with Gasteiger partial charge in [-0.2, -0.15) is 0 Å². The van der Waals surface area contributed by atoms with E-state index < -0.39 is 0 Å². The van der Waals surface area contributed by atoms with E-state index in [0.717, 1.165) is 17.5 Å². The average molecular weight is 277 g/mol. The largest absolute Gasteiger partial charge is 0.475 e. The Morgan fingerprint density at radius 3 is 2.79 bits per heavy atom. The third-order valence-electron chi connectivity index (χ3n) is 3.26. The second kappa shape index (κ2) is 5.49. The lowest BCUT2D eigenvalue weighted by Crippen LogP contribution is -2.10. The number of halogens is 1. The van der Waals surface area contributed by atoms with Crippen molar-refractivity contribution in [1.29, 1.82) is 0 Å². The van der Waals surface area contributed by atoms with Crippen molar-refractivity contribution in [3.63, 3.8) is 0 Å². The molecule has 100 valence electrons. The molecule has 0 aliphatic rings. The van der Waals surface area contributed by atoms with Crippen LogP contribution in [-0.4, -0.2) is 16.1 Å². The number of pyridine rings is 1. The summed E-state index contributed by atoms with van der Waals surface area (Å²) in [5.41, 5.74) is 2.18. The molecule has 4 heteroatoms. The first-order chi connectivity index (χ1) is 8.78. The molecule has 0 aliphatic heterocycles. The van der Waals surface area contributed by atoms with Crippen LogP contribution in [0.2, 0.25) is 0 Å². The zero-order chi connectivity index (χ0) is 12.5. The number of aromatic nitrogens is 2. The normalized spacial score (nSPS) is 12.3. The second-order valence-corrected chi connectivity index (χ2v) is 4.58. The van der Waals surface area contributed by atoms with Crippen molar-refractivity contribution < 1.29 is 4.74 Å². The molecule has 2 aromatic heterocycles. The van der Waals surface area contributed by atoms with Gasteiger partial charge in [0.25, 0.3) is 0 Å². The number of H-pyrrole nitrogens is 1. The van der Waals surface area contributed by atoms with Crippen molar-refractivity contribution in [3.05, 3.63) is 36.5 Å². The Labute approximate surface area is 118 Å². The van der Waals surface area contributed by atoms with Gasteiger partial charge in [-0.15, -0.1) is 12.4 Å². The summed E-state index contributed by atoms with van der Waals surface area (Å²) in [5, 5.41) is 2.38. The first-order valence-electron chi connectivity index (χ1n) is 6.31. The van der Waals surface area contributed by atoms with Gasteiger partial charge in [0.1, 0.15) is 0 Å². The molecule has 1 atom stereocenters. The number of aromatic amines is 1. The fraction of sp³-hybridized carbons (Fsp3) is 0.267. The van der Waals surface area contributed by atoms with Crippen molar-refractivity contribution in [2.24, 2.45) is 0 Å². The maximum atomic E-state index is 5.76. The summed E-state index contributed by atoms with van der Waals surface area (Å²) in [7, 11) is 0.